The van der Waals surface area contributed by atoms with E-state index in [2.05, 4.69) is 5.32 Å². The molecule has 1 N–H and O–H groups in total. The summed E-state index contributed by atoms with van der Waals surface area (Å²) < 4.78 is 25.5. The normalized spacial score (nSPS) is 18.2. The molecule has 0 unspecified atom stereocenters. The van der Waals surface area contributed by atoms with Crippen molar-refractivity contribution in [3.8, 4) is 0 Å². The number of rotatable bonds is 7. The Morgan fingerprint density at radius 2 is 1.94 bits per heavy atom. The van der Waals surface area contributed by atoms with Crippen LogP contribution in [0.15, 0.2) is 34.7 Å². The van der Waals surface area contributed by atoms with Crippen LogP contribution in [-0.2, 0) is 14.3 Å². The zero-order valence-corrected chi connectivity index (χ0v) is 19.8. The highest BCUT2D eigenvalue weighted by molar-refractivity contribution is 5.91. The van der Waals surface area contributed by atoms with E-state index in [9.17, 15) is 24.5 Å². The number of carbonyl (C=O) groups is 3. The first kappa shape index (κ1) is 24.9. The molecule has 3 amide bonds. The fraction of sp³-hybridized carbons (Fsp3) is 0.435. The molecule has 0 bridgehead atoms. The fourth-order valence-corrected chi connectivity index (χ4v) is 4.52. The second-order valence-electron chi connectivity index (χ2n) is 8.67. The first-order valence-electron chi connectivity index (χ1n) is 11.4. The maximum absolute atomic E-state index is 15.1. The van der Waals surface area contributed by atoms with Crippen molar-refractivity contribution in [2.24, 2.45) is 0 Å². The average Bonchev–Trinajstić information content (AvgIpc) is 3.45. The summed E-state index contributed by atoms with van der Waals surface area (Å²) in [7, 11) is 0. The molecule has 0 radical (unpaired) electrons. The number of carbonyl (C=O) groups excluding carboxylic acids is 3. The number of furan rings is 1. The number of nitro groups is 1. The lowest BCUT2D eigenvalue weighted by Crippen LogP contribution is -2.47. The average molecular weight is 503 g/mol. The van der Waals surface area contributed by atoms with Crippen LogP contribution in [0, 0.1) is 15.9 Å². The summed E-state index contributed by atoms with van der Waals surface area (Å²) in [4.78, 5) is 50.4. The molecule has 13 heteroatoms. The lowest BCUT2D eigenvalue weighted by Gasteiger charge is -2.38. The molecule has 1 aromatic heterocycles. The molecular weight excluding hydrogens is 477 g/mol. The van der Waals surface area contributed by atoms with Crippen molar-refractivity contribution in [1.82, 2.24) is 5.32 Å². The topological polar surface area (TPSA) is 138 Å². The van der Waals surface area contributed by atoms with Gasteiger partial charge in [0, 0.05) is 39.0 Å². The maximum atomic E-state index is 15.1. The minimum Gasteiger partial charge on any atom is -0.442 e. The van der Waals surface area contributed by atoms with Gasteiger partial charge in [-0.3, -0.25) is 29.5 Å². The van der Waals surface area contributed by atoms with Crippen LogP contribution in [-0.4, -0.2) is 61.2 Å². The number of halogens is 1. The Balaban J connectivity index is 1.40. The third-order valence-corrected chi connectivity index (χ3v) is 6.20. The molecule has 2 saturated heterocycles. The smallest absolute Gasteiger partial charge is 0.434 e. The number of nitrogens with one attached hydrogen (secondary N) is 1. The van der Waals surface area contributed by atoms with Gasteiger partial charge in [-0.25, -0.2) is 9.18 Å². The Bertz CT molecular complexity index is 1180. The largest absolute Gasteiger partial charge is 0.442 e. The summed E-state index contributed by atoms with van der Waals surface area (Å²) in [5.41, 5.74) is 0.714. The van der Waals surface area contributed by atoms with E-state index in [1.807, 2.05) is 4.90 Å². The van der Waals surface area contributed by atoms with Gasteiger partial charge < -0.3 is 19.4 Å². The van der Waals surface area contributed by atoms with Crippen LogP contribution in [0.1, 0.15) is 26.7 Å². The highest BCUT2D eigenvalue weighted by Crippen LogP contribution is 2.32. The van der Waals surface area contributed by atoms with Crippen LogP contribution in [0.3, 0.4) is 0 Å². The maximum Gasteiger partial charge on any atom is 0.434 e. The lowest BCUT2D eigenvalue weighted by molar-refractivity contribution is -0.401. The molecule has 3 heterocycles. The van der Waals surface area contributed by atoms with Gasteiger partial charge >= 0.3 is 12.0 Å². The molecule has 2 aromatic rings. The van der Waals surface area contributed by atoms with Gasteiger partial charge in [0.15, 0.2) is 0 Å². The molecule has 192 valence electrons. The minimum atomic E-state index is -0.665. The van der Waals surface area contributed by atoms with Crippen LogP contribution in [0.5, 0.6) is 0 Å². The van der Waals surface area contributed by atoms with Gasteiger partial charge in [-0.15, -0.1) is 0 Å². The van der Waals surface area contributed by atoms with Crippen molar-refractivity contribution < 1.29 is 32.9 Å². The van der Waals surface area contributed by atoms with E-state index in [1.54, 1.807) is 12.1 Å². The molecule has 0 aliphatic carbocycles. The van der Waals surface area contributed by atoms with E-state index in [0.29, 0.717) is 37.3 Å². The Morgan fingerprint density at radius 1 is 1.22 bits per heavy atom. The lowest BCUT2D eigenvalue weighted by atomic mass is 10.0. The minimum absolute atomic E-state index is 0.109. The molecule has 2 fully saturated rings. The first-order chi connectivity index (χ1) is 17.1. The number of amides is 3. The van der Waals surface area contributed by atoms with E-state index in [0.717, 1.165) is 0 Å². The summed E-state index contributed by atoms with van der Waals surface area (Å²) in [6.45, 7) is 3.98. The summed E-state index contributed by atoms with van der Waals surface area (Å²) in [5, 5.41) is 13.5. The van der Waals surface area contributed by atoms with Gasteiger partial charge in [0.2, 0.25) is 17.7 Å². The van der Waals surface area contributed by atoms with Gasteiger partial charge in [0.1, 0.15) is 16.8 Å². The summed E-state index contributed by atoms with van der Waals surface area (Å²) in [6, 6.07) is 6.85. The third-order valence-electron chi connectivity index (χ3n) is 6.20. The van der Waals surface area contributed by atoms with E-state index in [4.69, 9.17) is 9.15 Å². The molecule has 4 rings (SSSR count). The number of hydrogen-bond donors (Lipinski definition) is 1. The second-order valence-corrected chi connectivity index (χ2v) is 8.67. The number of piperidine rings is 1. The van der Waals surface area contributed by atoms with Crippen molar-refractivity contribution in [2.75, 3.05) is 40.9 Å². The zero-order chi connectivity index (χ0) is 26.0. The molecule has 36 heavy (non-hydrogen) atoms. The Hall–Kier alpha value is -4.16. The van der Waals surface area contributed by atoms with Crippen LogP contribution < -0.4 is 20.0 Å². The number of benzene rings is 1. The monoisotopic (exact) mass is 503 g/mol. The zero-order valence-electron chi connectivity index (χ0n) is 19.8. The summed E-state index contributed by atoms with van der Waals surface area (Å²) in [6.07, 6.45) is -0.138. The molecule has 2 aliphatic heterocycles. The Morgan fingerprint density at radius 3 is 2.53 bits per heavy atom. The number of anilines is 3. The number of hydrogen-bond acceptors (Lipinski definition) is 8. The quantitative estimate of drug-likeness (QED) is 0.450. The van der Waals surface area contributed by atoms with Crippen molar-refractivity contribution in [3.63, 3.8) is 0 Å². The highest BCUT2D eigenvalue weighted by Gasteiger charge is 2.34. The highest BCUT2D eigenvalue weighted by atomic mass is 19.1. The molecule has 2 aliphatic rings. The Kier molecular flexibility index (Phi) is 7.08. The predicted octanol–water partition coefficient (Wildman–Crippen LogP) is 2.81. The van der Waals surface area contributed by atoms with Crippen LogP contribution in [0.25, 0.3) is 0 Å². The number of ether oxygens (including phenoxy) is 1. The van der Waals surface area contributed by atoms with Gasteiger partial charge in [0.05, 0.1) is 30.5 Å². The van der Waals surface area contributed by atoms with E-state index >= 15 is 4.39 Å². The fourth-order valence-electron chi connectivity index (χ4n) is 4.52. The van der Waals surface area contributed by atoms with Crippen molar-refractivity contribution >= 4 is 41.1 Å². The molecular formula is C23H26FN5O7. The number of nitrogens with zero attached hydrogens (tertiary/aromatic N) is 4. The first-order valence-corrected chi connectivity index (χ1v) is 11.4. The molecule has 0 saturated carbocycles. The summed E-state index contributed by atoms with van der Waals surface area (Å²) >= 11 is 0. The van der Waals surface area contributed by atoms with E-state index in [1.165, 1.54) is 41.8 Å². The second kappa shape index (κ2) is 10.2. The number of cyclic esters (lactones) is 1. The Labute approximate surface area is 205 Å². The van der Waals surface area contributed by atoms with Crippen molar-refractivity contribution in [3.05, 3.63) is 46.3 Å². The van der Waals surface area contributed by atoms with Crippen LogP contribution in [0.2, 0.25) is 0 Å². The molecule has 1 atom stereocenters. The van der Waals surface area contributed by atoms with Gasteiger partial charge in [0.25, 0.3) is 0 Å². The third kappa shape index (κ3) is 5.24. The van der Waals surface area contributed by atoms with Crippen molar-refractivity contribution in [2.45, 2.75) is 38.8 Å². The van der Waals surface area contributed by atoms with Gasteiger partial charge in [-0.05, 0) is 31.0 Å². The van der Waals surface area contributed by atoms with E-state index < -0.39 is 28.8 Å². The van der Waals surface area contributed by atoms with E-state index in [-0.39, 0.29) is 36.8 Å². The van der Waals surface area contributed by atoms with Gasteiger partial charge in [-0.1, -0.05) is 0 Å². The van der Waals surface area contributed by atoms with Gasteiger partial charge in [-0.2, -0.15) is 0 Å². The standard InChI is InChI=1S/C23H26FN5O7/c1-14(30)25-12-18-13-27(23(32)35-18)17-3-4-20(19(24)11-17)26-9-7-16(8-10-26)28(15(2)31)21-5-6-22(36-21)29(33)34/h3-6,11,16,18H,7-10,12-13H2,1-2H3,(H,25,30)/t18-/m0/s1. The predicted molar refractivity (Wildman–Crippen MR) is 126 cm³/mol. The summed E-state index contributed by atoms with van der Waals surface area (Å²) in [5.74, 6) is -1.38. The van der Waals surface area contributed by atoms with Crippen LogP contribution in [0.4, 0.5) is 32.3 Å². The SMILES string of the molecule is CC(=O)NC[C@H]1CN(c2ccc(N3CCC(N(C(C)=O)c4ccc([N+](=O)[O-])o4)CC3)c(F)c2)C(=O)O1. The molecule has 0 spiro atoms. The molecule has 1 aromatic carbocycles. The van der Waals surface area contributed by atoms with Crippen molar-refractivity contribution in [1.29, 1.82) is 0 Å². The molecule has 12 nitrogen and oxygen atoms in total. The van der Waals surface area contributed by atoms with Crippen LogP contribution >= 0.6 is 0 Å².